The fraction of sp³-hybridized carbons (Fsp3) is 0.650. The van der Waals surface area contributed by atoms with Crippen LogP contribution in [0.15, 0.2) is 30.3 Å². The molecule has 27 heavy (non-hydrogen) atoms. The van der Waals surface area contributed by atoms with Crippen LogP contribution < -0.4 is 5.32 Å². The molecule has 2 saturated heterocycles. The van der Waals surface area contributed by atoms with E-state index in [0.717, 1.165) is 0 Å². The van der Waals surface area contributed by atoms with Gasteiger partial charge in [-0.05, 0) is 18.1 Å². The summed E-state index contributed by atoms with van der Waals surface area (Å²) in [6.45, 7) is 9.83. The van der Waals surface area contributed by atoms with E-state index in [1.165, 1.54) is 0 Å². The minimum Gasteiger partial charge on any atom is -0.437 e. The quantitative estimate of drug-likeness (QED) is 0.816. The van der Waals surface area contributed by atoms with Crippen molar-refractivity contribution in [3.8, 4) is 0 Å². The number of rotatable bonds is 6. The fourth-order valence-corrected chi connectivity index (χ4v) is 3.16. The first kappa shape index (κ1) is 20.1. The van der Waals surface area contributed by atoms with Crippen molar-refractivity contribution in [3.63, 3.8) is 0 Å². The van der Waals surface area contributed by atoms with E-state index in [9.17, 15) is 4.79 Å². The lowest BCUT2D eigenvalue weighted by atomic mass is 9.88. The molecule has 0 radical (unpaired) electrons. The van der Waals surface area contributed by atoms with Crippen LogP contribution in [0.2, 0.25) is 0 Å². The summed E-state index contributed by atoms with van der Waals surface area (Å²) in [7, 11) is 0. The van der Waals surface area contributed by atoms with Gasteiger partial charge in [-0.1, -0.05) is 45.9 Å². The van der Waals surface area contributed by atoms with Crippen LogP contribution in [0.5, 0.6) is 0 Å². The van der Waals surface area contributed by atoms with Gasteiger partial charge in [-0.15, -0.1) is 0 Å². The van der Waals surface area contributed by atoms with Gasteiger partial charge in [0.05, 0.1) is 19.8 Å². The van der Waals surface area contributed by atoms with E-state index in [4.69, 9.17) is 23.7 Å². The molecule has 2 fully saturated rings. The summed E-state index contributed by atoms with van der Waals surface area (Å²) < 4.78 is 29.0. The number of amides is 1. The van der Waals surface area contributed by atoms with E-state index >= 15 is 0 Å². The zero-order valence-electron chi connectivity index (χ0n) is 16.4. The number of carbonyl (C=O) groups is 1. The van der Waals surface area contributed by atoms with Crippen molar-refractivity contribution in [2.75, 3.05) is 31.7 Å². The van der Waals surface area contributed by atoms with E-state index in [1.807, 2.05) is 32.0 Å². The van der Waals surface area contributed by atoms with Gasteiger partial charge in [0.25, 0.3) is 0 Å². The monoisotopic (exact) mass is 379 g/mol. The first-order valence-electron chi connectivity index (χ1n) is 9.37. The van der Waals surface area contributed by atoms with Gasteiger partial charge in [0.15, 0.2) is 6.10 Å². The second kappa shape index (κ2) is 8.14. The number of nitrogens with one attached hydrogen (secondary N) is 1. The largest absolute Gasteiger partial charge is 0.437 e. The lowest BCUT2D eigenvalue weighted by Crippen LogP contribution is -2.49. The summed E-state index contributed by atoms with van der Waals surface area (Å²) in [5.74, 6) is -0.940. The molecule has 1 spiro atoms. The van der Waals surface area contributed by atoms with Crippen LogP contribution >= 0.6 is 0 Å². The Morgan fingerprint density at radius 3 is 2.70 bits per heavy atom. The van der Waals surface area contributed by atoms with Crippen LogP contribution in [0.1, 0.15) is 27.7 Å². The van der Waals surface area contributed by atoms with Gasteiger partial charge in [-0.25, -0.2) is 4.79 Å². The number of hydrogen-bond donors (Lipinski definition) is 1. The van der Waals surface area contributed by atoms with Crippen LogP contribution in [0, 0.1) is 11.3 Å². The fourth-order valence-electron chi connectivity index (χ4n) is 3.16. The molecular formula is C20H29NO6. The van der Waals surface area contributed by atoms with Crippen LogP contribution in [0.3, 0.4) is 0 Å². The number of para-hydroxylation sites is 1. The molecule has 7 heteroatoms. The third-order valence-electron chi connectivity index (χ3n) is 4.48. The Bertz CT molecular complexity index is 635. The summed E-state index contributed by atoms with van der Waals surface area (Å²) in [4.78, 5) is 12.4. The van der Waals surface area contributed by atoms with Crippen molar-refractivity contribution in [3.05, 3.63) is 30.3 Å². The summed E-state index contributed by atoms with van der Waals surface area (Å²) in [5.41, 5.74) is 0.198. The number of ether oxygens (including phenoxy) is 5. The average molecular weight is 379 g/mol. The minimum absolute atomic E-state index is 0.263. The molecule has 0 saturated carbocycles. The van der Waals surface area contributed by atoms with E-state index in [2.05, 4.69) is 19.2 Å². The zero-order chi connectivity index (χ0) is 19.5. The molecule has 1 N–H and O–H groups in total. The molecule has 1 aromatic carbocycles. The molecule has 3 rings (SSSR count). The smallest absolute Gasteiger partial charge is 0.412 e. The molecule has 7 nitrogen and oxygen atoms in total. The van der Waals surface area contributed by atoms with Crippen molar-refractivity contribution in [1.29, 1.82) is 0 Å². The Kier molecular flexibility index (Phi) is 6.05. The lowest BCUT2D eigenvalue weighted by molar-refractivity contribution is -0.345. The van der Waals surface area contributed by atoms with Gasteiger partial charge in [-0.3, -0.25) is 5.32 Å². The van der Waals surface area contributed by atoms with E-state index < -0.39 is 23.6 Å². The van der Waals surface area contributed by atoms with Gasteiger partial charge in [0.1, 0.15) is 6.10 Å². The SMILES string of the molecule is CC(C)COC[C@H]1CO[C@@]2(OCC(C)(C)[C@H]2OC(=O)Nc2ccccc2)O1. The Morgan fingerprint density at radius 1 is 1.26 bits per heavy atom. The van der Waals surface area contributed by atoms with Crippen LogP contribution in [0.4, 0.5) is 10.5 Å². The highest BCUT2D eigenvalue weighted by atomic mass is 16.9. The molecule has 0 unspecified atom stereocenters. The predicted molar refractivity (Wildman–Crippen MR) is 99.3 cm³/mol. The van der Waals surface area contributed by atoms with E-state index in [-0.39, 0.29) is 6.10 Å². The number of anilines is 1. The van der Waals surface area contributed by atoms with Crippen molar-refractivity contribution >= 4 is 11.8 Å². The molecular weight excluding hydrogens is 350 g/mol. The number of hydrogen-bond acceptors (Lipinski definition) is 6. The molecule has 0 bridgehead atoms. The molecule has 0 aromatic heterocycles. The van der Waals surface area contributed by atoms with Gasteiger partial charge in [0, 0.05) is 17.7 Å². The predicted octanol–water partition coefficient (Wildman–Crippen LogP) is 3.40. The maximum Gasteiger partial charge on any atom is 0.412 e. The summed E-state index contributed by atoms with van der Waals surface area (Å²) >= 11 is 0. The van der Waals surface area contributed by atoms with Crippen LogP contribution in [-0.4, -0.2) is 50.7 Å². The third-order valence-corrected chi connectivity index (χ3v) is 4.48. The lowest BCUT2D eigenvalue weighted by Gasteiger charge is -2.32. The van der Waals surface area contributed by atoms with E-state index in [1.54, 1.807) is 12.1 Å². The first-order chi connectivity index (χ1) is 12.8. The van der Waals surface area contributed by atoms with Gasteiger partial charge in [0.2, 0.25) is 0 Å². The summed E-state index contributed by atoms with van der Waals surface area (Å²) in [6.07, 6.45) is -1.54. The molecule has 3 atom stereocenters. The Balaban J connectivity index is 1.62. The highest BCUT2D eigenvalue weighted by molar-refractivity contribution is 5.84. The number of benzene rings is 1. The molecule has 150 valence electrons. The molecule has 2 aliphatic rings. The van der Waals surface area contributed by atoms with Crippen molar-refractivity contribution in [1.82, 2.24) is 0 Å². The standard InChI is InChI=1S/C20H29NO6/c1-14(2)10-23-11-16-12-24-20(27-16)17(19(3,4)13-25-20)26-18(22)21-15-8-6-5-7-9-15/h5-9,14,16-17H,10-13H2,1-4H3,(H,21,22)/t16-,17+,20-/m0/s1. The van der Waals surface area contributed by atoms with Crippen LogP contribution in [0.25, 0.3) is 0 Å². The van der Waals surface area contributed by atoms with Gasteiger partial charge in [-0.2, -0.15) is 0 Å². The van der Waals surface area contributed by atoms with E-state index in [0.29, 0.717) is 38.0 Å². The minimum atomic E-state index is -1.39. The van der Waals surface area contributed by atoms with Crippen molar-refractivity contribution in [2.45, 2.75) is 45.9 Å². The Morgan fingerprint density at radius 2 is 2.00 bits per heavy atom. The van der Waals surface area contributed by atoms with Gasteiger partial charge < -0.3 is 23.7 Å². The molecule has 2 aliphatic heterocycles. The average Bonchev–Trinajstić information content (AvgIpc) is 3.12. The maximum atomic E-state index is 12.4. The zero-order valence-corrected chi connectivity index (χ0v) is 16.4. The molecule has 1 amide bonds. The normalized spacial score (nSPS) is 29.4. The Hall–Kier alpha value is -1.67. The number of carbonyl (C=O) groups excluding carboxylic acids is 1. The summed E-state index contributed by atoms with van der Waals surface area (Å²) in [6, 6.07) is 9.13. The van der Waals surface area contributed by atoms with Crippen molar-refractivity contribution in [2.24, 2.45) is 11.3 Å². The van der Waals surface area contributed by atoms with Crippen molar-refractivity contribution < 1.29 is 28.5 Å². The molecule has 2 heterocycles. The topological polar surface area (TPSA) is 75.2 Å². The third kappa shape index (κ3) is 4.79. The second-order valence-electron chi connectivity index (χ2n) is 8.14. The first-order valence-corrected chi connectivity index (χ1v) is 9.37. The highest BCUT2D eigenvalue weighted by Gasteiger charge is 2.63. The van der Waals surface area contributed by atoms with Gasteiger partial charge >= 0.3 is 12.1 Å². The molecule has 0 aliphatic carbocycles. The van der Waals surface area contributed by atoms with Crippen LogP contribution in [-0.2, 0) is 23.7 Å². The Labute approximate surface area is 160 Å². The molecule has 1 aromatic rings. The summed E-state index contributed by atoms with van der Waals surface area (Å²) in [5, 5.41) is 2.72. The maximum absolute atomic E-state index is 12.4. The second-order valence-corrected chi connectivity index (χ2v) is 8.14. The highest BCUT2D eigenvalue weighted by Crippen LogP contribution is 2.46.